The Kier molecular flexibility index (Phi) is 6.52. The molecular formula is C14H23N. The molecule has 0 aliphatic carbocycles. The van der Waals surface area contributed by atoms with Gasteiger partial charge >= 0.3 is 0 Å². The average molecular weight is 205 g/mol. The SMILES string of the molecule is CC.CC.Cc1cc2c(C)cccc2[nH]1. The highest BCUT2D eigenvalue weighted by Gasteiger charge is 1.97. The number of hydrogen-bond donors (Lipinski definition) is 1. The maximum atomic E-state index is 3.30. The second kappa shape index (κ2) is 7.10. The lowest BCUT2D eigenvalue weighted by Gasteiger charge is -1.92. The highest BCUT2D eigenvalue weighted by Crippen LogP contribution is 2.18. The van der Waals surface area contributed by atoms with Crippen LogP contribution < -0.4 is 0 Å². The number of aromatic nitrogens is 1. The van der Waals surface area contributed by atoms with E-state index in [9.17, 15) is 0 Å². The Labute approximate surface area is 93.5 Å². The lowest BCUT2D eigenvalue weighted by atomic mass is 10.1. The van der Waals surface area contributed by atoms with Crippen LogP contribution in [0.3, 0.4) is 0 Å². The van der Waals surface area contributed by atoms with Crippen molar-refractivity contribution in [2.75, 3.05) is 0 Å². The molecule has 0 saturated carbocycles. The van der Waals surface area contributed by atoms with Gasteiger partial charge in [-0.3, -0.25) is 0 Å². The van der Waals surface area contributed by atoms with Crippen LogP contribution in [0.4, 0.5) is 0 Å². The van der Waals surface area contributed by atoms with Crippen LogP contribution in [0.15, 0.2) is 24.3 Å². The minimum absolute atomic E-state index is 1.23. The van der Waals surface area contributed by atoms with Gasteiger partial charge < -0.3 is 4.98 Å². The van der Waals surface area contributed by atoms with Crippen molar-refractivity contribution in [2.45, 2.75) is 41.5 Å². The van der Waals surface area contributed by atoms with E-state index in [1.165, 1.54) is 22.2 Å². The highest BCUT2D eigenvalue weighted by atomic mass is 14.7. The van der Waals surface area contributed by atoms with E-state index in [-0.39, 0.29) is 0 Å². The Hall–Kier alpha value is -1.24. The van der Waals surface area contributed by atoms with Gasteiger partial charge in [-0.15, -0.1) is 0 Å². The lowest BCUT2D eigenvalue weighted by Crippen LogP contribution is -1.71. The van der Waals surface area contributed by atoms with Crippen LogP contribution in [0.1, 0.15) is 39.0 Å². The van der Waals surface area contributed by atoms with E-state index >= 15 is 0 Å². The van der Waals surface area contributed by atoms with Gasteiger partial charge in [-0.05, 0) is 31.5 Å². The van der Waals surface area contributed by atoms with E-state index in [2.05, 4.69) is 43.1 Å². The first-order chi connectivity index (χ1) is 7.27. The van der Waals surface area contributed by atoms with Gasteiger partial charge in [-0.2, -0.15) is 0 Å². The fraction of sp³-hybridized carbons (Fsp3) is 0.429. The van der Waals surface area contributed by atoms with Crippen molar-refractivity contribution in [3.63, 3.8) is 0 Å². The van der Waals surface area contributed by atoms with Crippen LogP contribution in [0, 0.1) is 13.8 Å². The Morgan fingerprint density at radius 2 is 1.53 bits per heavy atom. The van der Waals surface area contributed by atoms with Crippen molar-refractivity contribution in [1.29, 1.82) is 0 Å². The van der Waals surface area contributed by atoms with Crippen molar-refractivity contribution in [1.82, 2.24) is 4.98 Å². The molecule has 1 nitrogen and oxygen atoms in total. The van der Waals surface area contributed by atoms with Crippen molar-refractivity contribution < 1.29 is 0 Å². The molecule has 1 heterocycles. The summed E-state index contributed by atoms with van der Waals surface area (Å²) < 4.78 is 0. The second-order valence-corrected chi connectivity index (χ2v) is 2.99. The minimum Gasteiger partial charge on any atom is -0.359 e. The summed E-state index contributed by atoms with van der Waals surface area (Å²) in [5.41, 5.74) is 3.81. The predicted molar refractivity (Wildman–Crippen MR) is 70.5 cm³/mol. The molecule has 0 aliphatic heterocycles. The van der Waals surface area contributed by atoms with E-state index < -0.39 is 0 Å². The van der Waals surface area contributed by atoms with Gasteiger partial charge in [0.25, 0.3) is 0 Å². The Bertz CT molecular complexity index is 385. The molecule has 1 aromatic carbocycles. The molecule has 0 fully saturated rings. The van der Waals surface area contributed by atoms with Gasteiger partial charge in [-0.25, -0.2) is 0 Å². The van der Waals surface area contributed by atoms with Crippen molar-refractivity contribution >= 4 is 10.9 Å². The fourth-order valence-corrected chi connectivity index (χ4v) is 1.45. The summed E-state index contributed by atoms with van der Waals surface area (Å²) in [7, 11) is 0. The zero-order chi connectivity index (χ0) is 11.8. The number of aromatic amines is 1. The van der Waals surface area contributed by atoms with Gasteiger partial charge in [-0.1, -0.05) is 39.8 Å². The van der Waals surface area contributed by atoms with E-state index in [1.807, 2.05) is 27.7 Å². The van der Waals surface area contributed by atoms with Crippen molar-refractivity contribution in [3.8, 4) is 0 Å². The first-order valence-electron chi connectivity index (χ1n) is 5.82. The molecule has 1 heteroatoms. The number of nitrogens with one attached hydrogen (secondary N) is 1. The third-order valence-corrected chi connectivity index (χ3v) is 2.02. The summed E-state index contributed by atoms with van der Waals surface area (Å²) in [6.07, 6.45) is 0. The summed E-state index contributed by atoms with van der Waals surface area (Å²) >= 11 is 0. The standard InChI is InChI=1S/C10H11N.2C2H6/c1-7-4-3-5-10-9(7)6-8(2)11-10;2*1-2/h3-6,11H,1-2H3;2*1-2H3. The molecule has 0 aliphatic rings. The fourth-order valence-electron chi connectivity index (χ4n) is 1.45. The Balaban J connectivity index is 0.000000442. The molecule has 0 radical (unpaired) electrons. The molecule has 1 aromatic heterocycles. The van der Waals surface area contributed by atoms with Crippen molar-refractivity contribution in [2.24, 2.45) is 0 Å². The lowest BCUT2D eigenvalue weighted by molar-refractivity contribution is 1.30. The molecular weight excluding hydrogens is 182 g/mol. The zero-order valence-corrected chi connectivity index (χ0v) is 10.8. The molecule has 2 rings (SSSR count). The molecule has 0 spiro atoms. The number of rotatable bonds is 0. The average Bonchev–Trinajstić information content (AvgIpc) is 2.66. The monoisotopic (exact) mass is 205 g/mol. The zero-order valence-electron chi connectivity index (χ0n) is 10.8. The molecule has 0 unspecified atom stereocenters. The van der Waals surface area contributed by atoms with Crippen LogP contribution in [0.2, 0.25) is 0 Å². The van der Waals surface area contributed by atoms with Crippen LogP contribution in [-0.4, -0.2) is 4.98 Å². The van der Waals surface area contributed by atoms with Gasteiger partial charge in [0.05, 0.1) is 0 Å². The van der Waals surface area contributed by atoms with Crippen molar-refractivity contribution in [3.05, 3.63) is 35.5 Å². The number of hydrogen-bond acceptors (Lipinski definition) is 0. The van der Waals surface area contributed by atoms with Crippen LogP contribution in [0.25, 0.3) is 10.9 Å². The third-order valence-electron chi connectivity index (χ3n) is 2.02. The molecule has 84 valence electrons. The number of benzene rings is 1. The van der Waals surface area contributed by atoms with E-state index in [0.717, 1.165) is 0 Å². The Morgan fingerprint density at radius 1 is 0.933 bits per heavy atom. The first kappa shape index (κ1) is 13.8. The summed E-state index contributed by atoms with van der Waals surface area (Å²) in [6.45, 7) is 12.2. The molecule has 0 saturated heterocycles. The van der Waals surface area contributed by atoms with Gasteiger partial charge in [0.15, 0.2) is 0 Å². The van der Waals surface area contributed by atoms with Crippen LogP contribution in [-0.2, 0) is 0 Å². The molecule has 2 aromatic rings. The molecule has 1 N–H and O–H groups in total. The normalized spacial score (nSPS) is 8.67. The summed E-state index contributed by atoms with van der Waals surface area (Å²) in [5, 5.41) is 1.34. The van der Waals surface area contributed by atoms with Crippen LogP contribution in [0.5, 0.6) is 0 Å². The van der Waals surface area contributed by atoms with E-state index in [1.54, 1.807) is 0 Å². The number of aryl methyl sites for hydroxylation is 2. The number of fused-ring (bicyclic) bond motifs is 1. The van der Waals surface area contributed by atoms with E-state index in [0.29, 0.717) is 0 Å². The largest absolute Gasteiger partial charge is 0.359 e. The molecule has 0 amide bonds. The first-order valence-corrected chi connectivity index (χ1v) is 5.82. The molecule has 0 bridgehead atoms. The summed E-state index contributed by atoms with van der Waals surface area (Å²) in [4.78, 5) is 3.30. The molecule has 15 heavy (non-hydrogen) atoms. The van der Waals surface area contributed by atoms with E-state index in [4.69, 9.17) is 0 Å². The maximum Gasteiger partial charge on any atom is 0.0458 e. The smallest absolute Gasteiger partial charge is 0.0458 e. The summed E-state index contributed by atoms with van der Waals surface area (Å²) in [6, 6.07) is 8.50. The van der Waals surface area contributed by atoms with Gasteiger partial charge in [0, 0.05) is 16.6 Å². The topological polar surface area (TPSA) is 15.8 Å². The highest BCUT2D eigenvalue weighted by molar-refractivity contribution is 5.83. The molecule has 0 atom stereocenters. The quantitative estimate of drug-likeness (QED) is 0.633. The van der Waals surface area contributed by atoms with Gasteiger partial charge in [0.2, 0.25) is 0 Å². The number of H-pyrrole nitrogens is 1. The van der Waals surface area contributed by atoms with Gasteiger partial charge in [0.1, 0.15) is 0 Å². The second-order valence-electron chi connectivity index (χ2n) is 2.99. The van der Waals surface area contributed by atoms with Crippen LogP contribution >= 0.6 is 0 Å². The third kappa shape index (κ3) is 3.43. The summed E-state index contributed by atoms with van der Waals surface area (Å²) in [5.74, 6) is 0. The minimum atomic E-state index is 1.23. The Morgan fingerprint density at radius 3 is 2.07 bits per heavy atom. The predicted octanol–water partition coefficient (Wildman–Crippen LogP) is 4.84. The maximum absolute atomic E-state index is 3.30.